The Hall–Kier alpha value is -2.46. The van der Waals surface area contributed by atoms with Crippen molar-refractivity contribution in [2.75, 3.05) is 13.2 Å². The molecule has 8 heteroatoms. The molecule has 3 aromatic rings. The molecule has 1 atom stereocenters. The van der Waals surface area contributed by atoms with E-state index in [2.05, 4.69) is 22.6 Å². The fourth-order valence-electron chi connectivity index (χ4n) is 3.64. The molecule has 160 valence electrons. The van der Waals surface area contributed by atoms with E-state index in [0.717, 1.165) is 35.5 Å². The molecule has 1 aliphatic heterocycles. The third-order valence-electron chi connectivity index (χ3n) is 5.23. The van der Waals surface area contributed by atoms with Gasteiger partial charge in [-0.05, 0) is 66.1 Å². The molecule has 0 spiro atoms. The van der Waals surface area contributed by atoms with Gasteiger partial charge in [0, 0.05) is 17.5 Å². The van der Waals surface area contributed by atoms with Crippen molar-refractivity contribution in [3.05, 3.63) is 71.2 Å². The third kappa shape index (κ3) is 4.74. The third-order valence-corrected chi connectivity index (χ3v) is 7.79. The van der Waals surface area contributed by atoms with Crippen LogP contribution in [-0.2, 0) is 8.34 Å². The fourth-order valence-corrected chi connectivity index (χ4v) is 5.90. The number of benzene rings is 2. The zero-order valence-corrected chi connectivity index (χ0v) is 19.6. The number of halogens is 1. The summed E-state index contributed by atoms with van der Waals surface area (Å²) in [5, 5.41) is 12.0. The van der Waals surface area contributed by atoms with Crippen LogP contribution >= 0.6 is 33.9 Å². The van der Waals surface area contributed by atoms with E-state index in [1.165, 1.54) is 11.3 Å². The van der Waals surface area contributed by atoms with Gasteiger partial charge >= 0.3 is 5.97 Å². The summed E-state index contributed by atoms with van der Waals surface area (Å²) >= 11 is 3.80. The van der Waals surface area contributed by atoms with E-state index in [1.807, 2.05) is 46.7 Å². The molecule has 1 aliphatic rings. The topological polar surface area (TPSA) is 79.7 Å². The molecular formula is C23H21IN2O4S. The minimum absolute atomic E-state index is 0.0214. The molecule has 6 nitrogen and oxygen atoms in total. The number of amides is 1. The number of carbonyl (C=O) groups excluding carboxylic acids is 1. The van der Waals surface area contributed by atoms with E-state index in [0.29, 0.717) is 12.3 Å². The zero-order chi connectivity index (χ0) is 21.8. The number of para-hydroxylation sites is 1. The molecule has 0 saturated carbocycles. The molecule has 1 unspecified atom stereocenters. The molecule has 1 amide bonds. The van der Waals surface area contributed by atoms with Gasteiger partial charge in [-0.3, -0.25) is 4.79 Å². The second-order valence-electron chi connectivity index (χ2n) is 7.29. The van der Waals surface area contributed by atoms with Crippen molar-refractivity contribution in [3.8, 4) is 16.3 Å². The van der Waals surface area contributed by atoms with Crippen LogP contribution in [0.3, 0.4) is 0 Å². The van der Waals surface area contributed by atoms with Gasteiger partial charge in [-0.25, -0.2) is 9.78 Å². The summed E-state index contributed by atoms with van der Waals surface area (Å²) in [5.41, 5.74) is 1.81. The van der Waals surface area contributed by atoms with Crippen LogP contribution in [-0.4, -0.2) is 40.0 Å². The van der Waals surface area contributed by atoms with E-state index in [1.54, 1.807) is 18.2 Å². The van der Waals surface area contributed by atoms with E-state index >= 15 is 0 Å². The first-order chi connectivity index (χ1) is 15.0. The van der Waals surface area contributed by atoms with E-state index in [-0.39, 0.29) is 18.1 Å². The number of aromatic nitrogens is 1. The molecule has 4 rings (SSSR count). The Morgan fingerprint density at radius 3 is 2.74 bits per heavy atom. The number of ether oxygens (including phenoxy) is 1. The monoisotopic (exact) mass is 548 g/mol. The SMILES string of the molecule is O=C(O)c1cccc(-c2nc(C3(I)CCCCN3C(=O)COc3ccccc3)cs2)c1. The van der Waals surface area contributed by atoms with Gasteiger partial charge in [-0.1, -0.05) is 30.3 Å². The normalized spacial score (nSPS) is 18.5. The van der Waals surface area contributed by atoms with Crippen molar-refractivity contribution in [1.29, 1.82) is 0 Å². The van der Waals surface area contributed by atoms with Crippen molar-refractivity contribution < 1.29 is 19.4 Å². The lowest BCUT2D eigenvalue weighted by atomic mass is 9.99. The van der Waals surface area contributed by atoms with Gasteiger partial charge in [-0.15, -0.1) is 11.3 Å². The number of carboxylic acids is 1. The van der Waals surface area contributed by atoms with Gasteiger partial charge in [0.2, 0.25) is 0 Å². The predicted molar refractivity (Wildman–Crippen MR) is 128 cm³/mol. The second kappa shape index (κ2) is 9.35. The number of carboxylic acid groups (broad SMARTS) is 1. The maximum absolute atomic E-state index is 13.1. The van der Waals surface area contributed by atoms with E-state index in [4.69, 9.17) is 9.72 Å². The Labute approximate surface area is 198 Å². The summed E-state index contributed by atoms with van der Waals surface area (Å²) in [7, 11) is 0. The van der Waals surface area contributed by atoms with Crippen LogP contribution in [0.1, 0.15) is 35.3 Å². The van der Waals surface area contributed by atoms with Crippen molar-refractivity contribution in [2.45, 2.75) is 22.8 Å². The van der Waals surface area contributed by atoms with Gasteiger partial charge in [0.1, 0.15) is 14.3 Å². The number of hydrogen-bond donors (Lipinski definition) is 1. The number of rotatable bonds is 6. The first kappa shape index (κ1) is 21.8. The molecule has 1 aromatic heterocycles. The van der Waals surface area contributed by atoms with Crippen LogP contribution in [0.5, 0.6) is 5.75 Å². The van der Waals surface area contributed by atoms with Crippen molar-refractivity contribution in [2.24, 2.45) is 0 Å². The Balaban J connectivity index is 1.56. The predicted octanol–water partition coefficient (Wildman–Crippen LogP) is 5.19. The average molecular weight is 548 g/mol. The maximum atomic E-state index is 13.1. The largest absolute Gasteiger partial charge is 0.484 e. The Kier molecular flexibility index (Phi) is 6.57. The van der Waals surface area contributed by atoms with E-state index < -0.39 is 9.51 Å². The number of thiazole rings is 1. The van der Waals surface area contributed by atoms with Gasteiger partial charge in [-0.2, -0.15) is 0 Å². The average Bonchev–Trinajstić information content (AvgIpc) is 3.30. The Morgan fingerprint density at radius 1 is 1.16 bits per heavy atom. The highest BCUT2D eigenvalue weighted by atomic mass is 127. The zero-order valence-electron chi connectivity index (χ0n) is 16.7. The Morgan fingerprint density at radius 2 is 1.97 bits per heavy atom. The molecule has 31 heavy (non-hydrogen) atoms. The highest BCUT2D eigenvalue weighted by Gasteiger charge is 2.42. The first-order valence-electron chi connectivity index (χ1n) is 9.94. The molecule has 1 N–H and O–H groups in total. The lowest BCUT2D eigenvalue weighted by molar-refractivity contribution is -0.138. The number of piperidine rings is 1. The van der Waals surface area contributed by atoms with E-state index in [9.17, 15) is 14.7 Å². The fraction of sp³-hybridized carbons (Fsp3) is 0.261. The molecular weight excluding hydrogens is 527 g/mol. The summed E-state index contributed by atoms with van der Waals surface area (Å²) < 4.78 is 5.14. The minimum Gasteiger partial charge on any atom is -0.484 e. The highest BCUT2D eigenvalue weighted by Crippen LogP contribution is 2.45. The quantitative estimate of drug-likeness (QED) is 0.261. The van der Waals surface area contributed by atoms with Crippen LogP contribution in [0.15, 0.2) is 60.0 Å². The molecule has 0 radical (unpaired) electrons. The molecule has 1 saturated heterocycles. The summed E-state index contributed by atoms with van der Waals surface area (Å²) in [5.74, 6) is -0.368. The minimum atomic E-state index is -0.966. The second-order valence-corrected chi connectivity index (χ2v) is 9.93. The van der Waals surface area contributed by atoms with Gasteiger partial charge in [0.25, 0.3) is 5.91 Å². The summed E-state index contributed by atoms with van der Waals surface area (Å²) in [6.07, 6.45) is 2.76. The number of likely N-dealkylation sites (tertiary alicyclic amines) is 1. The first-order valence-corrected chi connectivity index (χ1v) is 11.9. The molecule has 2 heterocycles. The summed E-state index contributed by atoms with van der Waals surface area (Å²) in [4.78, 5) is 31.0. The van der Waals surface area contributed by atoms with Crippen LogP contribution in [0.2, 0.25) is 0 Å². The number of carbonyl (C=O) groups is 2. The number of hydrogen-bond acceptors (Lipinski definition) is 5. The Bertz CT molecular complexity index is 1090. The number of aromatic carboxylic acids is 1. The van der Waals surface area contributed by atoms with Gasteiger partial charge in [0.15, 0.2) is 6.61 Å². The molecule has 2 aromatic carbocycles. The summed E-state index contributed by atoms with van der Waals surface area (Å²) in [6, 6.07) is 16.1. The lowest BCUT2D eigenvalue weighted by Gasteiger charge is -2.42. The van der Waals surface area contributed by atoms with Crippen LogP contribution in [0.4, 0.5) is 0 Å². The standard InChI is InChI=1S/C23H21IN2O4S/c24-23(19-15-31-21(25-19)16-7-6-8-17(13-16)22(28)29)11-4-5-12-26(23)20(27)14-30-18-9-2-1-3-10-18/h1-3,6-10,13,15H,4-5,11-12,14H2,(H,28,29). The number of nitrogens with zero attached hydrogens (tertiary/aromatic N) is 2. The van der Waals surface area contributed by atoms with Crippen LogP contribution < -0.4 is 4.74 Å². The van der Waals surface area contributed by atoms with Crippen LogP contribution in [0.25, 0.3) is 10.6 Å². The van der Waals surface area contributed by atoms with Crippen molar-refractivity contribution in [3.63, 3.8) is 0 Å². The molecule has 1 fully saturated rings. The van der Waals surface area contributed by atoms with Crippen molar-refractivity contribution in [1.82, 2.24) is 9.88 Å². The number of alkyl halides is 1. The molecule has 0 aliphatic carbocycles. The van der Waals surface area contributed by atoms with Crippen LogP contribution in [0, 0.1) is 0 Å². The van der Waals surface area contributed by atoms with Gasteiger partial charge < -0.3 is 14.7 Å². The smallest absolute Gasteiger partial charge is 0.335 e. The lowest BCUT2D eigenvalue weighted by Crippen LogP contribution is -2.50. The van der Waals surface area contributed by atoms with Crippen molar-refractivity contribution >= 4 is 45.8 Å². The van der Waals surface area contributed by atoms with Gasteiger partial charge in [0.05, 0.1) is 11.3 Å². The summed E-state index contributed by atoms with van der Waals surface area (Å²) in [6.45, 7) is 0.633. The molecule has 0 bridgehead atoms. The highest BCUT2D eigenvalue weighted by molar-refractivity contribution is 14.1. The maximum Gasteiger partial charge on any atom is 0.335 e.